The van der Waals surface area contributed by atoms with Crippen molar-refractivity contribution in [3.05, 3.63) is 30.3 Å². The fourth-order valence-corrected chi connectivity index (χ4v) is 1.40. The molecule has 1 aromatic carbocycles. The monoisotopic (exact) mass is 194 g/mol. The lowest BCUT2D eigenvalue weighted by molar-refractivity contribution is 0.267. The smallest absolute Gasteiger partial charge is 0.0599 e. The van der Waals surface area contributed by atoms with Crippen molar-refractivity contribution in [2.75, 3.05) is 24.6 Å². The average Bonchev–Trinajstić information content (AvgIpc) is 2.26. The zero-order chi connectivity index (χ0) is 10.4. The first-order valence-electron chi connectivity index (χ1n) is 4.94. The first-order valence-corrected chi connectivity index (χ1v) is 4.94. The minimum absolute atomic E-state index is 0.0311. The van der Waals surface area contributed by atoms with E-state index in [2.05, 4.69) is 11.8 Å². The van der Waals surface area contributed by atoms with Gasteiger partial charge >= 0.3 is 0 Å². The molecule has 0 saturated carbocycles. The number of nitrogens with zero attached hydrogens (tertiary/aromatic N) is 1. The van der Waals surface area contributed by atoms with Gasteiger partial charge < -0.3 is 15.7 Å². The third-order valence-electron chi connectivity index (χ3n) is 2.19. The van der Waals surface area contributed by atoms with Crippen LogP contribution in [0.5, 0.6) is 0 Å². The molecule has 78 valence electrons. The quantitative estimate of drug-likeness (QED) is 0.730. The zero-order valence-electron chi connectivity index (χ0n) is 8.56. The molecule has 1 unspecified atom stereocenters. The Balaban J connectivity index is 2.63. The van der Waals surface area contributed by atoms with Crippen LogP contribution in [0, 0.1) is 0 Å². The molecule has 0 fully saturated rings. The van der Waals surface area contributed by atoms with Crippen LogP contribution >= 0.6 is 0 Å². The van der Waals surface area contributed by atoms with Gasteiger partial charge in [-0.2, -0.15) is 0 Å². The van der Waals surface area contributed by atoms with Crippen LogP contribution in [0.1, 0.15) is 6.92 Å². The topological polar surface area (TPSA) is 49.5 Å². The number of anilines is 1. The third kappa shape index (κ3) is 3.01. The highest BCUT2D eigenvalue weighted by Gasteiger charge is 2.07. The van der Waals surface area contributed by atoms with E-state index < -0.39 is 0 Å². The Bertz CT molecular complexity index is 251. The maximum atomic E-state index is 8.87. The Morgan fingerprint density at radius 1 is 1.36 bits per heavy atom. The molecule has 3 heteroatoms. The van der Waals surface area contributed by atoms with E-state index in [-0.39, 0.29) is 12.6 Å². The molecule has 0 aliphatic rings. The Kier molecular flexibility index (Phi) is 4.43. The van der Waals surface area contributed by atoms with Gasteiger partial charge in [0.1, 0.15) is 0 Å². The average molecular weight is 194 g/mol. The first kappa shape index (κ1) is 11.0. The van der Waals surface area contributed by atoms with Gasteiger partial charge in [-0.15, -0.1) is 0 Å². The van der Waals surface area contributed by atoms with Crippen LogP contribution in [-0.4, -0.2) is 30.8 Å². The van der Waals surface area contributed by atoms with Gasteiger partial charge in [0, 0.05) is 24.8 Å². The summed E-state index contributed by atoms with van der Waals surface area (Å²) in [6.07, 6.45) is 0. The number of aliphatic hydroxyl groups excluding tert-OH is 1. The second-order valence-electron chi connectivity index (χ2n) is 3.32. The normalized spacial score (nSPS) is 12.5. The second-order valence-corrected chi connectivity index (χ2v) is 3.32. The van der Waals surface area contributed by atoms with Crippen molar-refractivity contribution >= 4 is 5.69 Å². The zero-order valence-corrected chi connectivity index (χ0v) is 8.56. The fourth-order valence-electron chi connectivity index (χ4n) is 1.40. The number of likely N-dealkylation sites (N-methyl/N-ethyl adjacent to an activating group) is 1. The van der Waals surface area contributed by atoms with Crippen LogP contribution in [0.3, 0.4) is 0 Å². The van der Waals surface area contributed by atoms with Gasteiger partial charge in [0.15, 0.2) is 0 Å². The molecule has 0 bridgehead atoms. The summed E-state index contributed by atoms with van der Waals surface area (Å²) in [6.45, 7) is 3.70. The van der Waals surface area contributed by atoms with Gasteiger partial charge in [0.25, 0.3) is 0 Å². The largest absolute Gasteiger partial charge is 0.395 e. The van der Waals surface area contributed by atoms with Gasteiger partial charge in [0.05, 0.1) is 6.61 Å². The maximum Gasteiger partial charge on any atom is 0.0599 e. The van der Waals surface area contributed by atoms with E-state index in [9.17, 15) is 0 Å². The summed E-state index contributed by atoms with van der Waals surface area (Å²) in [5.74, 6) is 0. The number of hydrogen-bond acceptors (Lipinski definition) is 3. The van der Waals surface area contributed by atoms with E-state index in [1.165, 1.54) is 0 Å². The lowest BCUT2D eigenvalue weighted by atomic mass is 10.2. The molecule has 1 aromatic rings. The molecule has 0 aliphatic carbocycles. The molecule has 0 heterocycles. The Morgan fingerprint density at radius 3 is 2.50 bits per heavy atom. The van der Waals surface area contributed by atoms with Crippen LogP contribution in [0.15, 0.2) is 30.3 Å². The van der Waals surface area contributed by atoms with Crippen molar-refractivity contribution in [3.63, 3.8) is 0 Å². The molecule has 3 N–H and O–H groups in total. The van der Waals surface area contributed by atoms with Gasteiger partial charge in [-0.05, 0) is 19.1 Å². The van der Waals surface area contributed by atoms with E-state index >= 15 is 0 Å². The molecule has 14 heavy (non-hydrogen) atoms. The molecule has 0 aliphatic heterocycles. The number of nitrogens with two attached hydrogens (primary N) is 1. The predicted molar refractivity (Wildman–Crippen MR) is 59.4 cm³/mol. The molecule has 1 atom stereocenters. The lowest BCUT2D eigenvalue weighted by Crippen LogP contribution is -2.39. The lowest BCUT2D eigenvalue weighted by Gasteiger charge is -2.25. The van der Waals surface area contributed by atoms with Crippen LogP contribution in [0.4, 0.5) is 5.69 Å². The van der Waals surface area contributed by atoms with Crippen molar-refractivity contribution in [2.24, 2.45) is 5.73 Å². The number of rotatable bonds is 5. The van der Waals surface area contributed by atoms with Gasteiger partial charge in [-0.3, -0.25) is 0 Å². The molecule has 0 spiro atoms. The van der Waals surface area contributed by atoms with Crippen LogP contribution < -0.4 is 10.6 Å². The van der Waals surface area contributed by atoms with Crippen LogP contribution in [-0.2, 0) is 0 Å². The Labute approximate surface area is 85.2 Å². The van der Waals surface area contributed by atoms with E-state index in [1.54, 1.807) is 0 Å². The summed E-state index contributed by atoms with van der Waals surface area (Å²) in [7, 11) is 0. The highest BCUT2D eigenvalue weighted by Crippen LogP contribution is 2.12. The summed E-state index contributed by atoms with van der Waals surface area (Å²) in [5, 5.41) is 8.87. The number of benzene rings is 1. The minimum Gasteiger partial charge on any atom is -0.395 e. The second kappa shape index (κ2) is 5.62. The number of aliphatic hydroxyl groups is 1. The molecule has 0 radical (unpaired) electrons. The fraction of sp³-hybridized carbons (Fsp3) is 0.455. The predicted octanol–water partition coefficient (Wildman–Crippen LogP) is 0.832. The summed E-state index contributed by atoms with van der Waals surface area (Å²) >= 11 is 0. The molecule has 0 amide bonds. The molecular weight excluding hydrogens is 176 g/mol. The number of para-hydroxylation sites is 1. The summed E-state index contributed by atoms with van der Waals surface area (Å²) < 4.78 is 0. The van der Waals surface area contributed by atoms with Gasteiger partial charge in [-0.1, -0.05) is 18.2 Å². The minimum atomic E-state index is -0.171. The van der Waals surface area contributed by atoms with E-state index in [1.807, 2.05) is 30.3 Å². The van der Waals surface area contributed by atoms with Gasteiger partial charge in [0.2, 0.25) is 0 Å². The number of hydrogen-bond donors (Lipinski definition) is 2. The highest BCUT2D eigenvalue weighted by molar-refractivity contribution is 5.45. The Hall–Kier alpha value is -1.06. The van der Waals surface area contributed by atoms with Crippen molar-refractivity contribution in [1.29, 1.82) is 0 Å². The summed E-state index contributed by atoms with van der Waals surface area (Å²) in [5.41, 5.74) is 6.85. The Morgan fingerprint density at radius 2 is 2.00 bits per heavy atom. The molecule has 3 nitrogen and oxygen atoms in total. The van der Waals surface area contributed by atoms with Gasteiger partial charge in [-0.25, -0.2) is 0 Å². The SMILES string of the molecule is CCN(CC(N)CO)c1ccccc1. The standard InChI is InChI=1S/C11H18N2O/c1-2-13(8-10(12)9-14)11-6-4-3-5-7-11/h3-7,10,14H,2,8-9,12H2,1H3. The van der Waals surface area contributed by atoms with Crippen molar-refractivity contribution in [2.45, 2.75) is 13.0 Å². The van der Waals surface area contributed by atoms with Crippen LogP contribution in [0.2, 0.25) is 0 Å². The molecular formula is C11H18N2O. The van der Waals surface area contributed by atoms with E-state index in [0.29, 0.717) is 6.54 Å². The van der Waals surface area contributed by atoms with E-state index in [0.717, 1.165) is 12.2 Å². The third-order valence-corrected chi connectivity index (χ3v) is 2.19. The first-order chi connectivity index (χ1) is 6.77. The van der Waals surface area contributed by atoms with Crippen molar-refractivity contribution < 1.29 is 5.11 Å². The van der Waals surface area contributed by atoms with E-state index in [4.69, 9.17) is 10.8 Å². The van der Waals surface area contributed by atoms with Crippen molar-refractivity contribution in [3.8, 4) is 0 Å². The molecule has 1 rings (SSSR count). The summed E-state index contributed by atoms with van der Waals surface area (Å²) in [6, 6.07) is 9.92. The highest BCUT2D eigenvalue weighted by atomic mass is 16.3. The summed E-state index contributed by atoms with van der Waals surface area (Å²) in [4.78, 5) is 2.15. The van der Waals surface area contributed by atoms with Crippen molar-refractivity contribution in [1.82, 2.24) is 0 Å². The molecule has 0 aromatic heterocycles. The maximum absolute atomic E-state index is 8.87. The van der Waals surface area contributed by atoms with Crippen LogP contribution in [0.25, 0.3) is 0 Å². The molecule has 0 saturated heterocycles.